The first-order chi connectivity index (χ1) is 24.9. The summed E-state index contributed by atoms with van der Waals surface area (Å²) in [4.78, 5) is 32.4. The number of ether oxygens (including phenoxy) is 2. The Bertz CT molecular complexity index is 1260. The molecule has 1 saturated carbocycles. The molecule has 0 aromatic heterocycles. The van der Waals surface area contributed by atoms with Crippen molar-refractivity contribution in [3.05, 3.63) is 23.3 Å². The van der Waals surface area contributed by atoms with Crippen molar-refractivity contribution in [1.82, 2.24) is 4.90 Å². The first-order valence-corrected chi connectivity index (χ1v) is 19.7. The number of nitrogens with zero attached hydrogens (tertiary/aromatic N) is 1. The number of likely N-dealkylation sites (tertiary alicyclic amines) is 1. The van der Waals surface area contributed by atoms with Gasteiger partial charge >= 0.3 is 17.9 Å². The highest BCUT2D eigenvalue weighted by molar-refractivity contribution is 5.83. The van der Waals surface area contributed by atoms with E-state index < -0.39 is 30.1 Å². The second-order valence-electron chi connectivity index (χ2n) is 15.1. The molecule has 2 unspecified atom stereocenters. The zero-order valence-corrected chi connectivity index (χ0v) is 31.6. The van der Waals surface area contributed by atoms with E-state index >= 15 is 0 Å². The fraction of sp³-hybridized carbons (Fsp3) is 0.775. The van der Waals surface area contributed by atoms with E-state index in [0.717, 1.165) is 56.6 Å². The summed E-state index contributed by atoms with van der Waals surface area (Å²) in [5.41, 5.74) is 2.77. The van der Waals surface area contributed by atoms with Crippen molar-refractivity contribution >= 4 is 17.9 Å². The first-order valence-electron chi connectivity index (χ1n) is 19.7. The lowest BCUT2D eigenvalue weighted by atomic mass is 9.51. The molecule has 2 bridgehead atoms. The van der Waals surface area contributed by atoms with Gasteiger partial charge in [0.25, 0.3) is 0 Å². The summed E-state index contributed by atoms with van der Waals surface area (Å²) in [7, 11) is 3.96. The SMILES string of the molecule is CCCCCCCCCCCCCCCCCC(=O)O.COc1ccc2c3c1O[C@H]1[C@@H](O)CC[C@H]4[C@@H](C2)N(C)CC[C@@]341.O=C(O)C(O)C(O)C(=O)O. The second kappa shape index (κ2) is 21.7. The van der Waals surface area contributed by atoms with Crippen molar-refractivity contribution in [3.8, 4) is 11.5 Å². The third-order valence-corrected chi connectivity index (χ3v) is 11.6. The van der Waals surface area contributed by atoms with Crippen LogP contribution in [0.2, 0.25) is 0 Å². The molecular weight excluding hydrogens is 670 g/mol. The molecule has 2 fully saturated rings. The van der Waals surface area contributed by atoms with Gasteiger partial charge in [-0.2, -0.15) is 0 Å². The monoisotopic (exact) mass is 735 g/mol. The van der Waals surface area contributed by atoms with E-state index in [1.165, 1.54) is 94.6 Å². The van der Waals surface area contributed by atoms with Gasteiger partial charge in [-0.3, -0.25) is 4.79 Å². The minimum absolute atomic E-state index is 0.00625. The van der Waals surface area contributed by atoms with Crippen molar-refractivity contribution in [2.24, 2.45) is 5.92 Å². The molecule has 12 nitrogen and oxygen atoms in total. The average Bonchev–Trinajstić information content (AvgIpc) is 3.48. The van der Waals surface area contributed by atoms with E-state index in [2.05, 4.69) is 24.9 Å². The van der Waals surface area contributed by atoms with E-state index in [4.69, 9.17) is 35.0 Å². The van der Waals surface area contributed by atoms with Crippen LogP contribution in [0.5, 0.6) is 11.5 Å². The number of rotatable bonds is 20. The molecule has 4 aliphatic rings. The number of carbonyl (C=O) groups is 3. The van der Waals surface area contributed by atoms with Gasteiger partial charge in [-0.1, -0.05) is 103 Å². The minimum atomic E-state index is -2.27. The zero-order valence-electron chi connectivity index (χ0n) is 31.6. The summed E-state index contributed by atoms with van der Waals surface area (Å²) in [5.74, 6) is -1.85. The van der Waals surface area contributed by atoms with Crippen LogP contribution in [0.25, 0.3) is 0 Å². The average molecular weight is 736 g/mol. The Morgan fingerprint density at radius 3 is 1.85 bits per heavy atom. The summed E-state index contributed by atoms with van der Waals surface area (Å²) in [5, 5.41) is 51.7. The molecule has 0 amide bonds. The molecule has 1 aromatic rings. The van der Waals surface area contributed by atoms with Gasteiger partial charge in [-0.25, -0.2) is 9.59 Å². The number of likely N-dealkylation sites (N-methyl/N-ethyl adjacent to an activating group) is 1. The molecule has 7 atom stereocenters. The summed E-state index contributed by atoms with van der Waals surface area (Å²) in [6.45, 7) is 3.36. The second-order valence-corrected chi connectivity index (χ2v) is 15.1. The van der Waals surface area contributed by atoms with E-state index in [9.17, 15) is 19.5 Å². The van der Waals surface area contributed by atoms with E-state index in [1.807, 2.05) is 6.07 Å². The molecular formula is C40H65NO11. The molecule has 296 valence electrons. The fourth-order valence-corrected chi connectivity index (χ4v) is 8.78. The maximum Gasteiger partial charge on any atom is 0.335 e. The number of unbranched alkanes of at least 4 members (excludes halogenated alkanes) is 14. The number of hydrogen-bond donors (Lipinski definition) is 6. The van der Waals surface area contributed by atoms with Gasteiger partial charge in [-0.05, 0) is 63.2 Å². The van der Waals surface area contributed by atoms with Crippen LogP contribution in [-0.4, -0.2) is 105 Å². The lowest BCUT2D eigenvalue weighted by Crippen LogP contribution is -2.66. The van der Waals surface area contributed by atoms with Crippen LogP contribution in [-0.2, 0) is 26.2 Å². The predicted molar refractivity (Wildman–Crippen MR) is 197 cm³/mol. The molecule has 5 rings (SSSR count). The van der Waals surface area contributed by atoms with Gasteiger partial charge in [-0.15, -0.1) is 0 Å². The molecule has 2 aliphatic carbocycles. The molecule has 2 heterocycles. The quantitative estimate of drug-likeness (QED) is 0.0865. The Kier molecular flexibility index (Phi) is 18.1. The Morgan fingerprint density at radius 1 is 0.846 bits per heavy atom. The third-order valence-electron chi connectivity index (χ3n) is 11.6. The van der Waals surface area contributed by atoms with Gasteiger partial charge in [0.1, 0.15) is 6.10 Å². The maximum absolute atomic E-state index is 10.6. The van der Waals surface area contributed by atoms with Crippen molar-refractivity contribution < 1.29 is 54.5 Å². The number of hydrogen-bond acceptors (Lipinski definition) is 9. The zero-order chi connectivity index (χ0) is 38.3. The lowest BCUT2D eigenvalue weighted by molar-refractivity contribution is -0.165. The van der Waals surface area contributed by atoms with Crippen LogP contribution in [0.3, 0.4) is 0 Å². The largest absolute Gasteiger partial charge is 0.493 e. The van der Waals surface area contributed by atoms with Crippen molar-refractivity contribution in [2.75, 3.05) is 20.7 Å². The van der Waals surface area contributed by atoms with Crippen LogP contribution >= 0.6 is 0 Å². The summed E-state index contributed by atoms with van der Waals surface area (Å²) in [6.07, 6.45) is 19.4. The summed E-state index contributed by atoms with van der Waals surface area (Å²) in [6, 6.07) is 4.83. The first kappa shape index (κ1) is 43.5. The van der Waals surface area contributed by atoms with Crippen LogP contribution < -0.4 is 9.47 Å². The van der Waals surface area contributed by atoms with E-state index in [0.29, 0.717) is 18.4 Å². The summed E-state index contributed by atoms with van der Waals surface area (Å²) >= 11 is 0. The fourth-order valence-electron chi connectivity index (χ4n) is 8.78. The van der Waals surface area contributed by atoms with Crippen LogP contribution in [0.4, 0.5) is 0 Å². The van der Waals surface area contributed by atoms with Crippen molar-refractivity contribution in [2.45, 2.75) is 171 Å². The Balaban J connectivity index is 0.000000226. The number of carboxylic acid groups (broad SMARTS) is 3. The smallest absolute Gasteiger partial charge is 0.335 e. The molecule has 12 heteroatoms. The molecule has 52 heavy (non-hydrogen) atoms. The van der Waals surface area contributed by atoms with E-state index in [1.54, 1.807) is 7.11 Å². The maximum atomic E-state index is 10.6. The standard InChI is InChI=1S/C18H23NO3.C18H36O2.C4H6O6/c1-19-8-7-18-11-4-5-13(20)17(18)22-16-14(21-2)6-3-10(15(16)18)9-12(11)19;1-2-3-4-5-6-7-8-9-10-11-12-13-14-15-16-17-18(19)20;5-1(3(7)8)2(6)4(9)10/h3,6,11-13,17,20H,4-5,7-9H2,1-2H3;2-17H2,1H3,(H,19,20);1-2,5-6H,(H,7,8)(H,9,10)/t11-,12+,13-,17-,18-;;/m0../s1. The lowest BCUT2D eigenvalue weighted by Gasteiger charge is -2.58. The number of aliphatic hydroxyl groups is 3. The topological polar surface area (TPSA) is 194 Å². The number of carboxylic acids is 3. The van der Waals surface area contributed by atoms with Gasteiger partial charge in [0, 0.05) is 23.4 Å². The van der Waals surface area contributed by atoms with Crippen molar-refractivity contribution in [1.29, 1.82) is 0 Å². The van der Waals surface area contributed by atoms with Crippen LogP contribution in [0.15, 0.2) is 12.1 Å². The molecule has 1 aromatic carbocycles. The van der Waals surface area contributed by atoms with Gasteiger partial charge in [0.05, 0.1) is 13.2 Å². The molecule has 6 N–H and O–H groups in total. The minimum Gasteiger partial charge on any atom is -0.493 e. The number of aliphatic carboxylic acids is 3. The van der Waals surface area contributed by atoms with Crippen LogP contribution in [0, 0.1) is 5.92 Å². The van der Waals surface area contributed by atoms with Crippen LogP contribution in [0.1, 0.15) is 140 Å². The van der Waals surface area contributed by atoms with Gasteiger partial charge in [0.15, 0.2) is 23.7 Å². The third kappa shape index (κ3) is 11.3. The summed E-state index contributed by atoms with van der Waals surface area (Å²) < 4.78 is 11.9. The highest BCUT2D eigenvalue weighted by atomic mass is 16.5. The number of methoxy groups -OCH3 is 1. The predicted octanol–water partition coefficient (Wildman–Crippen LogP) is 5.94. The number of benzene rings is 1. The number of aliphatic hydroxyl groups excluding tert-OH is 3. The van der Waals surface area contributed by atoms with Gasteiger partial charge in [0.2, 0.25) is 0 Å². The van der Waals surface area contributed by atoms with E-state index in [-0.39, 0.29) is 17.6 Å². The normalized spacial score (nSPS) is 24.9. The molecule has 1 spiro atoms. The van der Waals surface area contributed by atoms with Crippen molar-refractivity contribution in [3.63, 3.8) is 0 Å². The Labute approximate surface area is 309 Å². The Morgan fingerprint density at radius 2 is 1.37 bits per heavy atom. The molecule has 0 radical (unpaired) electrons. The Hall–Kier alpha value is -2.93. The highest BCUT2D eigenvalue weighted by Crippen LogP contribution is 2.63. The molecule has 2 aliphatic heterocycles. The number of piperidine rings is 1. The van der Waals surface area contributed by atoms with Gasteiger partial charge < -0.3 is 45.0 Å². The molecule has 1 saturated heterocycles. The highest BCUT2D eigenvalue weighted by Gasteiger charge is 2.65.